The first-order valence-corrected chi connectivity index (χ1v) is 6.48. The van der Waals surface area contributed by atoms with E-state index in [0.29, 0.717) is 31.9 Å². The number of fused-ring (bicyclic) bond motifs is 1. The number of hydrogen-bond acceptors (Lipinski definition) is 4. The molecule has 1 aromatic carbocycles. The average Bonchev–Trinajstić information content (AvgIpc) is 2.81. The number of aryl methyl sites for hydroxylation is 1. The van der Waals surface area contributed by atoms with E-state index in [1.807, 2.05) is 30.0 Å². The Kier molecular flexibility index (Phi) is 2.89. The summed E-state index contributed by atoms with van der Waals surface area (Å²) in [4.78, 5) is 17.4. The number of nitrogens with zero attached hydrogens (tertiary/aromatic N) is 2. The Labute approximate surface area is 110 Å². The second-order valence-corrected chi connectivity index (χ2v) is 5.07. The van der Waals surface area contributed by atoms with Crippen LogP contribution in [0.3, 0.4) is 0 Å². The van der Waals surface area contributed by atoms with Crippen LogP contribution in [0.4, 0.5) is 6.01 Å². The number of oxazole rings is 1. The number of benzene rings is 1. The molecule has 0 amide bonds. The Morgan fingerprint density at radius 1 is 1.42 bits per heavy atom. The minimum Gasteiger partial charge on any atom is -0.481 e. The van der Waals surface area contributed by atoms with Gasteiger partial charge in [0.05, 0.1) is 5.92 Å². The monoisotopic (exact) mass is 260 g/mol. The lowest BCUT2D eigenvalue weighted by molar-refractivity contribution is -0.142. The van der Waals surface area contributed by atoms with Gasteiger partial charge < -0.3 is 14.4 Å². The van der Waals surface area contributed by atoms with E-state index in [-0.39, 0.29) is 5.92 Å². The second kappa shape index (κ2) is 4.57. The van der Waals surface area contributed by atoms with Gasteiger partial charge in [0.25, 0.3) is 6.01 Å². The van der Waals surface area contributed by atoms with Crippen LogP contribution in [0.5, 0.6) is 0 Å². The average molecular weight is 260 g/mol. The van der Waals surface area contributed by atoms with Crippen LogP contribution in [0.2, 0.25) is 0 Å². The minimum atomic E-state index is -0.701. The molecule has 5 nitrogen and oxygen atoms in total. The van der Waals surface area contributed by atoms with Crippen LogP contribution in [-0.4, -0.2) is 29.1 Å². The molecule has 0 spiro atoms. The number of hydrogen-bond donors (Lipinski definition) is 1. The Morgan fingerprint density at radius 2 is 2.16 bits per heavy atom. The van der Waals surface area contributed by atoms with Gasteiger partial charge in [0.1, 0.15) is 5.52 Å². The third-order valence-corrected chi connectivity index (χ3v) is 3.65. The van der Waals surface area contributed by atoms with E-state index in [1.54, 1.807) is 0 Å². The number of carbonyl (C=O) groups is 1. The van der Waals surface area contributed by atoms with Gasteiger partial charge in [0.2, 0.25) is 0 Å². The predicted molar refractivity (Wildman–Crippen MR) is 71.3 cm³/mol. The molecule has 0 bridgehead atoms. The Bertz CT molecular complexity index is 612. The highest BCUT2D eigenvalue weighted by molar-refractivity contribution is 5.75. The van der Waals surface area contributed by atoms with E-state index in [9.17, 15) is 4.79 Å². The van der Waals surface area contributed by atoms with Crippen LogP contribution >= 0.6 is 0 Å². The number of rotatable bonds is 2. The zero-order valence-corrected chi connectivity index (χ0v) is 10.8. The molecule has 2 aromatic rings. The van der Waals surface area contributed by atoms with E-state index in [2.05, 4.69) is 4.98 Å². The molecule has 0 saturated carbocycles. The van der Waals surface area contributed by atoms with Gasteiger partial charge in [0, 0.05) is 13.1 Å². The number of aromatic nitrogens is 1. The molecule has 1 aliphatic rings. The van der Waals surface area contributed by atoms with Crippen molar-refractivity contribution in [3.05, 3.63) is 23.8 Å². The van der Waals surface area contributed by atoms with E-state index >= 15 is 0 Å². The molecule has 5 heteroatoms. The fourth-order valence-electron chi connectivity index (χ4n) is 2.48. The fraction of sp³-hybridized carbons (Fsp3) is 0.429. The smallest absolute Gasteiger partial charge is 0.306 e. The normalized spacial score (nSPS) is 17.0. The van der Waals surface area contributed by atoms with E-state index in [4.69, 9.17) is 9.52 Å². The number of carboxylic acid groups (broad SMARTS) is 1. The molecule has 0 radical (unpaired) electrons. The lowest BCUT2D eigenvalue weighted by Gasteiger charge is -2.28. The van der Waals surface area contributed by atoms with Crippen molar-refractivity contribution in [2.75, 3.05) is 18.0 Å². The summed E-state index contributed by atoms with van der Waals surface area (Å²) in [6, 6.07) is 6.51. The largest absolute Gasteiger partial charge is 0.481 e. The molecule has 19 heavy (non-hydrogen) atoms. The summed E-state index contributed by atoms with van der Waals surface area (Å²) in [7, 11) is 0. The Hall–Kier alpha value is -2.04. The van der Waals surface area contributed by atoms with Crippen molar-refractivity contribution in [1.29, 1.82) is 0 Å². The van der Waals surface area contributed by atoms with Gasteiger partial charge in [-0.2, -0.15) is 4.98 Å². The molecular formula is C14H16N2O3. The van der Waals surface area contributed by atoms with E-state index < -0.39 is 5.97 Å². The van der Waals surface area contributed by atoms with Crippen LogP contribution in [0, 0.1) is 12.8 Å². The third kappa shape index (κ3) is 2.28. The second-order valence-electron chi connectivity index (χ2n) is 5.07. The molecule has 1 fully saturated rings. The summed E-state index contributed by atoms with van der Waals surface area (Å²) >= 11 is 0. The van der Waals surface area contributed by atoms with Crippen LogP contribution in [0.15, 0.2) is 22.6 Å². The van der Waals surface area contributed by atoms with Crippen LogP contribution in [0.1, 0.15) is 18.4 Å². The van der Waals surface area contributed by atoms with Crippen molar-refractivity contribution >= 4 is 23.1 Å². The predicted octanol–water partition coefficient (Wildman–Crippen LogP) is 2.44. The zero-order chi connectivity index (χ0) is 13.4. The maximum absolute atomic E-state index is 10.9. The quantitative estimate of drug-likeness (QED) is 0.898. The highest BCUT2D eigenvalue weighted by Gasteiger charge is 2.26. The number of aliphatic carboxylic acids is 1. The maximum Gasteiger partial charge on any atom is 0.306 e. The van der Waals surface area contributed by atoms with Crippen LogP contribution in [-0.2, 0) is 4.79 Å². The van der Waals surface area contributed by atoms with E-state index in [0.717, 1.165) is 16.7 Å². The van der Waals surface area contributed by atoms with Crippen molar-refractivity contribution < 1.29 is 14.3 Å². The Morgan fingerprint density at radius 3 is 2.84 bits per heavy atom. The molecule has 2 heterocycles. The molecule has 1 N–H and O–H groups in total. The summed E-state index contributed by atoms with van der Waals surface area (Å²) in [5.41, 5.74) is 2.79. The number of anilines is 1. The minimum absolute atomic E-state index is 0.233. The van der Waals surface area contributed by atoms with Gasteiger partial charge in [-0.3, -0.25) is 4.79 Å². The molecule has 0 unspecified atom stereocenters. The summed E-state index contributed by atoms with van der Waals surface area (Å²) in [5.74, 6) is -0.935. The van der Waals surface area contributed by atoms with Gasteiger partial charge in [0.15, 0.2) is 5.58 Å². The molecule has 1 aliphatic heterocycles. The summed E-state index contributed by atoms with van der Waals surface area (Å²) < 4.78 is 5.73. The highest BCUT2D eigenvalue weighted by Crippen LogP contribution is 2.26. The summed E-state index contributed by atoms with van der Waals surface area (Å²) in [6.07, 6.45) is 1.29. The van der Waals surface area contributed by atoms with Gasteiger partial charge in [-0.15, -0.1) is 0 Å². The SMILES string of the molecule is Cc1ccc2oc(N3CCC(C(=O)O)CC3)nc2c1. The zero-order valence-electron chi connectivity index (χ0n) is 10.8. The molecule has 1 aromatic heterocycles. The van der Waals surface area contributed by atoms with Crippen molar-refractivity contribution in [2.45, 2.75) is 19.8 Å². The lowest BCUT2D eigenvalue weighted by atomic mass is 9.97. The first-order valence-electron chi connectivity index (χ1n) is 6.48. The van der Waals surface area contributed by atoms with Gasteiger partial charge in [-0.05, 0) is 37.5 Å². The molecule has 100 valence electrons. The lowest BCUT2D eigenvalue weighted by Crippen LogP contribution is -2.36. The molecule has 0 aliphatic carbocycles. The number of piperidine rings is 1. The summed E-state index contributed by atoms with van der Waals surface area (Å²) in [6.45, 7) is 3.39. The van der Waals surface area contributed by atoms with Crippen molar-refractivity contribution in [1.82, 2.24) is 4.98 Å². The number of carboxylic acids is 1. The van der Waals surface area contributed by atoms with Gasteiger partial charge in [-0.1, -0.05) is 6.07 Å². The van der Waals surface area contributed by atoms with Crippen molar-refractivity contribution in [3.8, 4) is 0 Å². The standard InChI is InChI=1S/C14H16N2O3/c1-9-2-3-12-11(8-9)15-14(19-12)16-6-4-10(5-7-16)13(17)18/h2-3,8,10H,4-7H2,1H3,(H,17,18). The fourth-order valence-corrected chi connectivity index (χ4v) is 2.48. The molecule has 3 rings (SSSR count). The first kappa shape index (κ1) is 12.0. The molecule has 1 saturated heterocycles. The Balaban J connectivity index is 1.80. The third-order valence-electron chi connectivity index (χ3n) is 3.65. The maximum atomic E-state index is 10.9. The van der Waals surface area contributed by atoms with Gasteiger partial charge in [-0.25, -0.2) is 0 Å². The van der Waals surface area contributed by atoms with Crippen LogP contribution < -0.4 is 4.90 Å². The highest BCUT2D eigenvalue weighted by atomic mass is 16.4. The van der Waals surface area contributed by atoms with E-state index in [1.165, 1.54) is 0 Å². The van der Waals surface area contributed by atoms with Gasteiger partial charge >= 0.3 is 5.97 Å². The molecule has 0 atom stereocenters. The molecular weight excluding hydrogens is 244 g/mol. The first-order chi connectivity index (χ1) is 9.13. The topological polar surface area (TPSA) is 66.6 Å². The summed E-state index contributed by atoms with van der Waals surface area (Å²) in [5, 5.41) is 8.98. The van der Waals surface area contributed by atoms with Crippen molar-refractivity contribution in [3.63, 3.8) is 0 Å². The van der Waals surface area contributed by atoms with Crippen LogP contribution in [0.25, 0.3) is 11.1 Å². The van der Waals surface area contributed by atoms with Crippen molar-refractivity contribution in [2.24, 2.45) is 5.92 Å².